The van der Waals surface area contributed by atoms with E-state index in [-0.39, 0.29) is 12.6 Å². The molecule has 8 nitrogen and oxygen atoms in total. The van der Waals surface area contributed by atoms with Gasteiger partial charge in [0.2, 0.25) is 18.4 Å². The number of hydrogen-bond acceptors (Lipinski definition) is 8. The minimum Gasteiger partial charge on any atom is -0.454 e. The molecule has 0 aliphatic carbocycles. The van der Waals surface area contributed by atoms with Gasteiger partial charge in [-0.15, -0.1) is 0 Å². The third-order valence-electron chi connectivity index (χ3n) is 2.67. The lowest BCUT2D eigenvalue weighted by Gasteiger charge is -2.07. The quantitative estimate of drug-likeness (QED) is 0.718. The molecule has 0 atom stereocenters. The Morgan fingerprint density at radius 1 is 1.30 bits per heavy atom. The highest BCUT2D eigenvalue weighted by molar-refractivity contribution is 5.59. The highest BCUT2D eigenvalue weighted by Gasteiger charge is 2.12. The van der Waals surface area contributed by atoms with Crippen molar-refractivity contribution in [2.75, 3.05) is 18.0 Å². The standard InChI is InChI=1S/C12H13N5O3/c1-7(14-15-12-11(13)16-20-17-12)4-8-2-3-9-10(5-8)19-6-18-9/h2-5,14H,6H2,1H3,(H2,13,16)(H,15,17)/b7-4-. The van der Waals surface area contributed by atoms with Gasteiger partial charge in [0, 0.05) is 5.70 Å². The number of rotatable bonds is 4. The molecule has 0 spiro atoms. The summed E-state index contributed by atoms with van der Waals surface area (Å²) in [7, 11) is 0. The first kappa shape index (κ1) is 12.2. The molecule has 20 heavy (non-hydrogen) atoms. The van der Waals surface area contributed by atoms with Crippen LogP contribution in [0.1, 0.15) is 12.5 Å². The number of fused-ring (bicyclic) bond motifs is 1. The minimum atomic E-state index is 0.188. The molecule has 1 aliphatic rings. The number of hydrogen-bond donors (Lipinski definition) is 3. The van der Waals surface area contributed by atoms with Crippen LogP contribution in [-0.2, 0) is 0 Å². The predicted octanol–water partition coefficient (Wildman–Crippen LogP) is 1.36. The van der Waals surface area contributed by atoms with E-state index in [4.69, 9.17) is 15.2 Å². The molecule has 1 aromatic heterocycles. The number of nitrogens with zero attached hydrogens (tertiary/aromatic N) is 2. The van der Waals surface area contributed by atoms with Crippen LogP contribution in [0.5, 0.6) is 11.5 Å². The van der Waals surface area contributed by atoms with Crippen molar-refractivity contribution in [3.63, 3.8) is 0 Å². The third-order valence-corrected chi connectivity index (χ3v) is 2.67. The first-order valence-corrected chi connectivity index (χ1v) is 5.90. The predicted molar refractivity (Wildman–Crippen MR) is 71.7 cm³/mol. The summed E-state index contributed by atoms with van der Waals surface area (Å²) in [6, 6.07) is 5.71. The zero-order valence-corrected chi connectivity index (χ0v) is 10.7. The molecule has 1 aromatic carbocycles. The van der Waals surface area contributed by atoms with Crippen molar-refractivity contribution in [3.8, 4) is 11.5 Å². The summed E-state index contributed by atoms with van der Waals surface area (Å²) >= 11 is 0. The molecule has 8 heteroatoms. The molecule has 0 radical (unpaired) electrons. The average Bonchev–Trinajstić information content (AvgIpc) is 3.04. The fraction of sp³-hybridized carbons (Fsp3) is 0.167. The van der Waals surface area contributed by atoms with Crippen molar-refractivity contribution in [1.29, 1.82) is 0 Å². The number of aromatic nitrogens is 2. The van der Waals surface area contributed by atoms with E-state index in [1.165, 1.54) is 0 Å². The van der Waals surface area contributed by atoms with Crippen molar-refractivity contribution in [2.24, 2.45) is 0 Å². The molecule has 4 N–H and O–H groups in total. The molecular weight excluding hydrogens is 262 g/mol. The SMILES string of the molecule is C/C(=C/c1ccc2c(c1)OCO2)NNc1nonc1N. The Kier molecular flexibility index (Phi) is 3.04. The summed E-state index contributed by atoms with van der Waals surface area (Å²) in [6.07, 6.45) is 1.93. The Morgan fingerprint density at radius 3 is 2.95 bits per heavy atom. The van der Waals surface area contributed by atoms with Crippen molar-refractivity contribution in [2.45, 2.75) is 6.92 Å². The number of allylic oxidation sites excluding steroid dienone is 1. The van der Waals surface area contributed by atoms with Gasteiger partial charge < -0.3 is 20.6 Å². The summed E-state index contributed by atoms with van der Waals surface area (Å²) < 4.78 is 15.0. The minimum absolute atomic E-state index is 0.188. The van der Waals surface area contributed by atoms with Crippen LogP contribution < -0.4 is 26.1 Å². The lowest BCUT2D eigenvalue weighted by atomic mass is 10.2. The number of anilines is 2. The first-order chi connectivity index (χ1) is 9.72. The van der Waals surface area contributed by atoms with Crippen LogP contribution in [0, 0.1) is 0 Å². The van der Waals surface area contributed by atoms with Crippen molar-refractivity contribution in [3.05, 3.63) is 29.5 Å². The maximum atomic E-state index is 5.52. The largest absolute Gasteiger partial charge is 0.454 e. The van der Waals surface area contributed by atoms with Crippen LogP contribution in [0.4, 0.5) is 11.6 Å². The molecule has 0 unspecified atom stereocenters. The maximum absolute atomic E-state index is 5.52. The molecule has 0 saturated heterocycles. The second-order valence-corrected chi connectivity index (χ2v) is 4.19. The van der Waals surface area contributed by atoms with Crippen LogP contribution in [0.15, 0.2) is 28.5 Å². The van der Waals surface area contributed by atoms with Gasteiger partial charge in [0.15, 0.2) is 11.5 Å². The van der Waals surface area contributed by atoms with Crippen LogP contribution >= 0.6 is 0 Å². The Balaban J connectivity index is 1.67. The van der Waals surface area contributed by atoms with Crippen molar-refractivity contribution in [1.82, 2.24) is 15.7 Å². The van der Waals surface area contributed by atoms with Gasteiger partial charge in [-0.3, -0.25) is 5.43 Å². The smallest absolute Gasteiger partial charge is 0.233 e. The molecule has 0 amide bonds. The van der Waals surface area contributed by atoms with Gasteiger partial charge in [-0.2, -0.15) is 0 Å². The molecule has 0 saturated carbocycles. The molecule has 0 fully saturated rings. The van der Waals surface area contributed by atoms with Gasteiger partial charge in [-0.25, -0.2) is 4.63 Å². The number of hydrazine groups is 1. The summed E-state index contributed by atoms with van der Waals surface area (Å²) in [6.45, 7) is 2.15. The second-order valence-electron chi connectivity index (χ2n) is 4.19. The maximum Gasteiger partial charge on any atom is 0.233 e. The van der Waals surface area contributed by atoms with E-state index >= 15 is 0 Å². The van der Waals surface area contributed by atoms with Crippen molar-refractivity contribution < 1.29 is 14.1 Å². The highest BCUT2D eigenvalue weighted by atomic mass is 16.7. The second kappa shape index (κ2) is 5.00. The number of nitrogen functional groups attached to an aromatic ring is 1. The fourth-order valence-corrected chi connectivity index (χ4v) is 1.73. The van der Waals surface area contributed by atoms with Gasteiger partial charge in [-0.05, 0) is 41.0 Å². The monoisotopic (exact) mass is 275 g/mol. The zero-order chi connectivity index (χ0) is 13.9. The normalized spacial score (nSPS) is 13.3. The number of nitrogens with one attached hydrogen (secondary N) is 2. The number of ether oxygens (including phenoxy) is 2. The topological polar surface area (TPSA) is 107 Å². The van der Waals surface area contributed by atoms with E-state index < -0.39 is 0 Å². The van der Waals surface area contributed by atoms with Gasteiger partial charge in [0.25, 0.3) is 0 Å². The average molecular weight is 275 g/mol. The Bertz CT molecular complexity index is 652. The van der Waals surface area contributed by atoms with Gasteiger partial charge in [0.05, 0.1) is 0 Å². The lowest BCUT2D eigenvalue weighted by molar-refractivity contribution is 0.174. The van der Waals surface area contributed by atoms with E-state index in [2.05, 4.69) is 25.8 Å². The first-order valence-electron chi connectivity index (χ1n) is 5.90. The Labute approximate surface area is 114 Å². The van der Waals surface area contributed by atoms with Gasteiger partial charge >= 0.3 is 0 Å². The van der Waals surface area contributed by atoms with E-state index in [9.17, 15) is 0 Å². The molecule has 3 rings (SSSR count). The highest BCUT2D eigenvalue weighted by Crippen LogP contribution is 2.32. The van der Waals surface area contributed by atoms with Crippen LogP contribution in [0.2, 0.25) is 0 Å². The molecule has 2 aromatic rings. The van der Waals surface area contributed by atoms with E-state index in [0.29, 0.717) is 5.82 Å². The summed E-state index contributed by atoms with van der Waals surface area (Å²) in [4.78, 5) is 0. The molecule has 1 aliphatic heterocycles. The van der Waals surface area contributed by atoms with E-state index in [1.807, 2.05) is 31.2 Å². The Morgan fingerprint density at radius 2 is 2.15 bits per heavy atom. The van der Waals surface area contributed by atoms with E-state index in [1.54, 1.807) is 0 Å². The number of benzene rings is 1. The van der Waals surface area contributed by atoms with Crippen LogP contribution in [-0.4, -0.2) is 17.1 Å². The van der Waals surface area contributed by atoms with Crippen molar-refractivity contribution >= 4 is 17.7 Å². The molecule has 2 heterocycles. The Hall–Kier alpha value is -2.90. The van der Waals surface area contributed by atoms with Crippen LogP contribution in [0.3, 0.4) is 0 Å². The fourth-order valence-electron chi connectivity index (χ4n) is 1.73. The number of nitrogens with two attached hydrogens (primary N) is 1. The molecule has 104 valence electrons. The van der Waals surface area contributed by atoms with E-state index in [0.717, 1.165) is 22.8 Å². The molecular formula is C12H13N5O3. The summed E-state index contributed by atoms with van der Waals surface area (Å²) in [5.74, 6) is 2.02. The van der Waals surface area contributed by atoms with Gasteiger partial charge in [-0.1, -0.05) is 6.07 Å². The lowest BCUT2D eigenvalue weighted by Crippen LogP contribution is -2.20. The summed E-state index contributed by atoms with van der Waals surface area (Å²) in [5, 5.41) is 7.05. The van der Waals surface area contributed by atoms with Gasteiger partial charge in [0.1, 0.15) is 0 Å². The zero-order valence-electron chi connectivity index (χ0n) is 10.7. The van der Waals surface area contributed by atoms with Crippen LogP contribution in [0.25, 0.3) is 6.08 Å². The third kappa shape index (κ3) is 2.44. The summed E-state index contributed by atoms with van der Waals surface area (Å²) in [5.41, 5.74) is 13.1. The molecule has 0 bridgehead atoms.